The number of fused-ring (bicyclic) bond motifs is 1. The van der Waals surface area contributed by atoms with Gasteiger partial charge in [-0.2, -0.15) is 4.31 Å². The van der Waals surface area contributed by atoms with Gasteiger partial charge in [-0.15, -0.1) is 23.7 Å². The van der Waals surface area contributed by atoms with Crippen LogP contribution in [-0.2, 0) is 14.8 Å². The summed E-state index contributed by atoms with van der Waals surface area (Å²) in [4.78, 5) is 12.5. The van der Waals surface area contributed by atoms with Crippen molar-refractivity contribution in [1.82, 2.24) is 9.62 Å². The van der Waals surface area contributed by atoms with E-state index in [-0.39, 0.29) is 23.3 Å². The molecule has 0 bridgehead atoms. The van der Waals surface area contributed by atoms with Gasteiger partial charge in [0, 0.05) is 24.8 Å². The molecule has 134 valence electrons. The highest BCUT2D eigenvalue weighted by Gasteiger charge is 2.21. The minimum absolute atomic E-state index is 0. The molecule has 1 heterocycles. The predicted octanol–water partition coefficient (Wildman–Crippen LogP) is 2.34. The van der Waals surface area contributed by atoms with Crippen LogP contribution in [0.4, 0.5) is 0 Å². The molecule has 0 fully saturated rings. The summed E-state index contributed by atoms with van der Waals surface area (Å²) >= 11 is 1.29. The Labute approximate surface area is 152 Å². The molecule has 0 unspecified atom stereocenters. The van der Waals surface area contributed by atoms with Crippen LogP contribution in [-0.4, -0.2) is 52.5 Å². The zero-order valence-corrected chi connectivity index (χ0v) is 16.2. The lowest BCUT2D eigenvalue weighted by Crippen LogP contribution is -2.32. The molecular formula is C15H21ClN2O4S2. The lowest BCUT2D eigenvalue weighted by molar-refractivity contribution is 0.0532. The molecule has 0 aliphatic carbocycles. The van der Waals surface area contributed by atoms with Crippen molar-refractivity contribution in [2.45, 2.75) is 11.8 Å². The van der Waals surface area contributed by atoms with Gasteiger partial charge in [-0.1, -0.05) is 0 Å². The highest BCUT2D eigenvalue weighted by molar-refractivity contribution is 7.89. The maximum Gasteiger partial charge on any atom is 0.348 e. The van der Waals surface area contributed by atoms with E-state index in [0.717, 1.165) is 10.1 Å². The monoisotopic (exact) mass is 392 g/mol. The molecule has 1 N–H and O–H groups in total. The summed E-state index contributed by atoms with van der Waals surface area (Å²) in [6, 6.07) is 6.56. The fraction of sp³-hybridized carbons (Fsp3) is 0.400. The number of hydrogen-bond donors (Lipinski definition) is 1. The van der Waals surface area contributed by atoms with E-state index in [0.29, 0.717) is 24.6 Å². The van der Waals surface area contributed by atoms with Crippen molar-refractivity contribution >= 4 is 49.8 Å². The Morgan fingerprint density at radius 3 is 2.67 bits per heavy atom. The second-order valence-corrected chi connectivity index (χ2v) is 8.09. The lowest BCUT2D eigenvalue weighted by atomic mass is 10.2. The Morgan fingerprint density at radius 1 is 1.33 bits per heavy atom. The van der Waals surface area contributed by atoms with E-state index in [9.17, 15) is 13.2 Å². The molecule has 6 nitrogen and oxygen atoms in total. The van der Waals surface area contributed by atoms with Gasteiger partial charge in [-0.3, -0.25) is 0 Å². The first-order valence-electron chi connectivity index (χ1n) is 7.21. The predicted molar refractivity (Wildman–Crippen MR) is 98.8 cm³/mol. The van der Waals surface area contributed by atoms with Crippen molar-refractivity contribution in [3.63, 3.8) is 0 Å². The van der Waals surface area contributed by atoms with Gasteiger partial charge >= 0.3 is 5.97 Å². The molecule has 0 saturated carbocycles. The molecule has 0 amide bonds. The third-order valence-electron chi connectivity index (χ3n) is 3.35. The molecule has 0 saturated heterocycles. The molecule has 0 aliphatic rings. The minimum atomic E-state index is -3.54. The van der Waals surface area contributed by atoms with Gasteiger partial charge in [0.1, 0.15) is 4.88 Å². The standard InChI is InChI=1S/C15H20N2O4S2.ClH/c1-4-21-15(18)14-10-11-9-12(5-6-13(11)22-14)23(19,20)17(3)8-7-16-2;/h5-6,9-10,16H,4,7-8H2,1-3H3;1H. The van der Waals surface area contributed by atoms with E-state index in [1.807, 2.05) is 0 Å². The molecule has 0 radical (unpaired) electrons. The van der Waals surface area contributed by atoms with Crippen molar-refractivity contribution in [1.29, 1.82) is 0 Å². The normalized spacial score (nSPS) is 11.5. The maximum absolute atomic E-state index is 12.5. The van der Waals surface area contributed by atoms with Gasteiger partial charge < -0.3 is 10.1 Å². The highest BCUT2D eigenvalue weighted by atomic mass is 35.5. The van der Waals surface area contributed by atoms with E-state index in [1.54, 1.807) is 45.3 Å². The van der Waals surface area contributed by atoms with Crippen LogP contribution in [0.1, 0.15) is 16.6 Å². The highest BCUT2D eigenvalue weighted by Crippen LogP contribution is 2.29. The summed E-state index contributed by atoms with van der Waals surface area (Å²) < 4.78 is 32.2. The first kappa shape index (κ1) is 20.9. The largest absolute Gasteiger partial charge is 0.462 e. The molecule has 2 rings (SSSR count). The van der Waals surface area contributed by atoms with E-state index in [2.05, 4.69) is 5.32 Å². The number of benzene rings is 1. The Morgan fingerprint density at radius 2 is 2.04 bits per heavy atom. The van der Waals surface area contributed by atoms with Crippen molar-refractivity contribution < 1.29 is 17.9 Å². The Hall–Kier alpha value is -1.19. The third kappa shape index (κ3) is 4.46. The Kier molecular flexibility index (Phi) is 7.62. The summed E-state index contributed by atoms with van der Waals surface area (Å²) in [5.74, 6) is -0.385. The topological polar surface area (TPSA) is 75.7 Å². The summed E-state index contributed by atoms with van der Waals surface area (Å²) in [5, 5.41) is 3.65. The summed E-state index contributed by atoms with van der Waals surface area (Å²) in [5.41, 5.74) is 0. The van der Waals surface area contributed by atoms with Gasteiger partial charge in [0.2, 0.25) is 10.0 Å². The van der Waals surface area contributed by atoms with E-state index < -0.39 is 10.0 Å². The third-order valence-corrected chi connectivity index (χ3v) is 6.30. The number of likely N-dealkylation sites (N-methyl/N-ethyl adjacent to an activating group) is 2. The quantitative estimate of drug-likeness (QED) is 0.732. The minimum Gasteiger partial charge on any atom is -0.462 e. The van der Waals surface area contributed by atoms with Crippen LogP contribution in [0.15, 0.2) is 29.2 Å². The van der Waals surface area contributed by atoms with Crippen molar-refractivity contribution in [2.24, 2.45) is 0 Å². The molecular weight excluding hydrogens is 372 g/mol. The van der Waals surface area contributed by atoms with Gasteiger partial charge in [-0.25, -0.2) is 13.2 Å². The average molecular weight is 393 g/mol. The van der Waals surface area contributed by atoms with Gasteiger partial charge in [0.25, 0.3) is 0 Å². The fourth-order valence-corrected chi connectivity index (χ4v) is 4.20. The van der Waals surface area contributed by atoms with Crippen LogP contribution in [0.3, 0.4) is 0 Å². The number of sulfonamides is 1. The van der Waals surface area contributed by atoms with Crippen LogP contribution in [0.5, 0.6) is 0 Å². The number of halogens is 1. The molecule has 2 aromatic rings. The molecule has 9 heteroatoms. The molecule has 24 heavy (non-hydrogen) atoms. The molecule has 0 aliphatic heterocycles. The number of thiophene rings is 1. The van der Waals surface area contributed by atoms with E-state index in [4.69, 9.17) is 4.74 Å². The number of esters is 1. The first-order chi connectivity index (χ1) is 10.9. The SMILES string of the molecule is CCOC(=O)c1cc2cc(S(=O)(=O)N(C)CCNC)ccc2s1.Cl. The first-order valence-corrected chi connectivity index (χ1v) is 9.47. The second-order valence-electron chi connectivity index (χ2n) is 4.96. The number of ether oxygens (including phenoxy) is 1. The number of rotatable bonds is 7. The zero-order chi connectivity index (χ0) is 17.0. The Balaban J connectivity index is 0.00000288. The van der Waals surface area contributed by atoms with Crippen molar-refractivity contribution in [3.8, 4) is 0 Å². The van der Waals surface area contributed by atoms with Crippen LogP contribution in [0, 0.1) is 0 Å². The number of hydrogen-bond acceptors (Lipinski definition) is 6. The van der Waals surface area contributed by atoms with Crippen molar-refractivity contribution in [3.05, 3.63) is 29.1 Å². The summed E-state index contributed by atoms with van der Waals surface area (Å²) in [6.45, 7) is 3.01. The maximum atomic E-state index is 12.5. The van der Waals surface area contributed by atoms with Gasteiger partial charge in [0.15, 0.2) is 0 Å². The Bertz CT molecular complexity index is 805. The van der Waals surface area contributed by atoms with Crippen LogP contribution < -0.4 is 5.32 Å². The van der Waals surface area contributed by atoms with Crippen LogP contribution in [0.2, 0.25) is 0 Å². The van der Waals surface area contributed by atoms with Gasteiger partial charge in [-0.05, 0) is 43.6 Å². The van der Waals surface area contributed by atoms with Crippen LogP contribution >= 0.6 is 23.7 Å². The average Bonchev–Trinajstić information content (AvgIpc) is 2.95. The van der Waals surface area contributed by atoms with Crippen LogP contribution in [0.25, 0.3) is 10.1 Å². The second kappa shape index (κ2) is 8.77. The zero-order valence-electron chi connectivity index (χ0n) is 13.7. The molecule has 1 aromatic carbocycles. The van der Waals surface area contributed by atoms with E-state index in [1.165, 1.54) is 15.6 Å². The summed E-state index contributed by atoms with van der Waals surface area (Å²) in [6.07, 6.45) is 0. The number of carbonyl (C=O) groups excluding carboxylic acids is 1. The van der Waals surface area contributed by atoms with E-state index >= 15 is 0 Å². The smallest absolute Gasteiger partial charge is 0.348 e. The van der Waals surface area contributed by atoms with Gasteiger partial charge in [0.05, 0.1) is 11.5 Å². The fourth-order valence-electron chi connectivity index (χ4n) is 2.05. The molecule has 1 aromatic heterocycles. The number of nitrogens with zero attached hydrogens (tertiary/aromatic N) is 1. The number of carbonyl (C=O) groups is 1. The van der Waals surface area contributed by atoms with Crippen molar-refractivity contribution in [2.75, 3.05) is 33.8 Å². The molecule has 0 atom stereocenters. The summed E-state index contributed by atoms with van der Waals surface area (Å²) in [7, 11) is -0.219. The lowest BCUT2D eigenvalue weighted by Gasteiger charge is -2.16. The molecule has 0 spiro atoms. The number of nitrogens with one attached hydrogen (secondary N) is 1.